The lowest BCUT2D eigenvalue weighted by atomic mass is 10.1. The summed E-state index contributed by atoms with van der Waals surface area (Å²) in [4.78, 5) is 12.5. The number of carbonyl (C=O) groups excluding carboxylic acids is 1. The second kappa shape index (κ2) is 8.80. The van der Waals surface area contributed by atoms with Crippen LogP contribution in [0.15, 0.2) is 48.5 Å². The first kappa shape index (κ1) is 19.7. The number of carbonyl (C=O) groups is 1. The third kappa shape index (κ3) is 4.52. The molecule has 1 aliphatic heterocycles. The highest BCUT2D eigenvalue weighted by atomic mass is 35.5. The Morgan fingerprint density at radius 1 is 1.07 bits per heavy atom. The molecule has 2 aromatic carbocycles. The molecule has 0 spiro atoms. The van der Waals surface area contributed by atoms with E-state index in [1.54, 1.807) is 24.3 Å². The van der Waals surface area contributed by atoms with Crippen LogP contribution in [0.1, 0.15) is 30.7 Å². The Hall–Kier alpha value is -2.63. The maximum absolute atomic E-state index is 12.5. The van der Waals surface area contributed by atoms with Gasteiger partial charge in [0.2, 0.25) is 5.91 Å². The van der Waals surface area contributed by atoms with Crippen LogP contribution in [0.25, 0.3) is 17.5 Å². The van der Waals surface area contributed by atoms with Gasteiger partial charge >= 0.3 is 0 Å². The monoisotopic (exact) mass is 426 g/mol. The SMILES string of the molecule is O=C(/C=C/c1cc(Cl)ccc1Cl)Nc1ccccc1-c1nnc2n1CCCCC2. The molecule has 3 aromatic rings. The van der Waals surface area contributed by atoms with E-state index in [-0.39, 0.29) is 5.91 Å². The zero-order valence-electron chi connectivity index (χ0n) is 15.7. The van der Waals surface area contributed by atoms with Gasteiger partial charge in [0, 0.05) is 34.7 Å². The van der Waals surface area contributed by atoms with E-state index < -0.39 is 0 Å². The molecule has 0 unspecified atom stereocenters. The van der Waals surface area contributed by atoms with Gasteiger partial charge in [-0.2, -0.15) is 0 Å². The van der Waals surface area contributed by atoms with Crippen LogP contribution in [-0.2, 0) is 17.8 Å². The molecular weight excluding hydrogens is 407 g/mol. The number of hydrogen-bond donors (Lipinski definition) is 1. The molecule has 0 radical (unpaired) electrons. The lowest BCUT2D eigenvalue weighted by Gasteiger charge is -2.11. The van der Waals surface area contributed by atoms with Crippen molar-refractivity contribution in [3.63, 3.8) is 0 Å². The van der Waals surface area contributed by atoms with Crippen LogP contribution in [0.2, 0.25) is 10.0 Å². The van der Waals surface area contributed by atoms with Crippen molar-refractivity contribution in [1.29, 1.82) is 0 Å². The van der Waals surface area contributed by atoms with E-state index >= 15 is 0 Å². The molecule has 0 atom stereocenters. The van der Waals surface area contributed by atoms with Crippen molar-refractivity contribution in [2.75, 3.05) is 5.32 Å². The number of hydrogen-bond acceptors (Lipinski definition) is 3. The topological polar surface area (TPSA) is 59.8 Å². The van der Waals surface area contributed by atoms with E-state index in [9.17, 15) is 4.79 Å². The van der Waals surface area contributed by atoms with Crippen LogP contribution in [0, 0.1) is 0 Å². The molecule has 1 amide bonds. The van der Waals surface area contributed by atoms with Gasteiger partial charge in [-0.3, -0.25) is 4.79 Å². The van der Waals surface area contributed by atoms with Crippen LogP contribution in [-0.4, -0.2) is 20.7 Å². The van der Waals surface area contributed by atoms with Crippen molar-refractivity contribution < 1.29 is 4.79 Å². The second-order valence-corrected chi connectivity index (χ2v) is 7.78. The van der Waals surface area contributed by atoms with Gasteiger partial charge in [0.25, 0.3) is 0 Å². The maximum atomic E-state index is 12.5. The summed E-state index contributed by atoms with van der Waals surface area (Å²) < 4.78 is 2.17. The van der Waals surface area contributed by atoms with Gasteiger partial charge in [0.05, 0.1) is 5.69 Å². The van der Waals surface area contributed by atoms with E-state index in [2.05, 4.69) is 20.1 Å². The quantitative estimate of drug-likeness (QED) is 0.549. The number of nitrogens with one attached hydrogen (secondary N) is 1. The van der Waals surface area contributed by atoms with Crippen molar-refractivity contribution >= 4 is 40.9 Å². The fourth-order valence-corrected chi connectivity index (χ4v) is 3.81. The number of amides is 1. The Balaban J connectivity index is 1.58. The Morgan fingerprint density at radius 2 is 1.93 bits per heavy atom. The number of benzene rings is 2. The molecular formula is C22H20Cl2N4O. The van der Waals surface area contributed by atoms with Gasteiger partial charge in [-0.25, -0.2) is 0 Å². The smallest absolute Gasteiger partial charge is 0.248 e. The largest absolute Gasteiger partial charge is 0.322 e. The van der Waals surface area contributed by atoms with Crippen molar-refractivity contribution in [1.82, 2.24) is 14.8 Å². The maximum Gasteiger partial charge on any atom is 0.248 e. The van der Waals surface area contributed by atoms with Crippen LogP contribution >= 0.6 is 23.2 Å². The van der Waals surface area contributed by atoms with Gasteiger partial charge in [-0.05, 0) is 54.8 Å². The molecule has 7 heteroatoms. The minimum atomic E-state index is -0.260. The summed E-state index contributed by atoms with van der Waals surface area (Å²) >= 11 is 12.2. The lowest BCUT2D eigenvalue weighted by Crippen LogP contribution is -2.10. The van der Waals surface area contributed by atoms with E-state index in [1.807, 2.05) is 24.3 Å². The first-order valence-corrected chi connectivity index (χ1v) is 10.3. The molecule has 1 aromatic heterocycles. The van der Waals surface area contributed by atoms with Gasteiger partial charge in [-0.1, -0.05) is 41.8 Å². The van der Waals surface area contributed by atoms with E-state index in [4.69, 9.17) is 23.2 Å². The average Bonchev–Trinajstić information content (AvgIpc) is 2.97. The van der Waals surface area contributed by atoms with Crippen LogP contribution in [0.4, 0.5) is 5.69 Å². The highest BCUT2D eigenvalue weighted by Crippen LogP contribution is 2.29. The summed E-state index contributed by atoms with van der Waals surface area (Å²) in [7, 11) is 0. The number of rotatable bonds is 4. The number of aromatic nitrogens is 3. The second-order valence-electron chi connectivity index (χ2n) is 6.94. The number of anilines is 1. The fraction of sp³-hybridized carbons (Fsp3) is 0.227. The number of halogens is 2. The van der Waals surface area contributed by atoms with Gasteiger partial charge in [0.15, 0.2) is 5.82 Å². The average molecular weight is 427 g/mol. The van der Waals surface area contributed by atoms with Crippen molar-refractivity contribution in [3.8, 4) is 11.4 Å². The molecule has 1 aliphatic rings. The standard InChI is InChI=1S/C22H20Cl2N4O/c23-16-10-11-18(24)15(14-16)9-12-21(29)25-19-7-4-3-6-17(19)22-27-26-20-8-2-1-5-13-28(20)22/h3-4,6-7,9-12,14H,1-2,5,8,13H2,(H,25,29)/b12-9+. The third-order valence-corrected chi connectivity index (χ3v) is 5.49. The van der Waals surface area contributed by atoms with Crippen molar-refractivity contribution in [3.05, 3.63) is 70.0 Å². The van der Waals surface area contributed by atoms with E-state index in [1.165, 1.54) is 12.5 Å². The minimum Gasteiger partial charge on any atom is -0.322 e. The minimum absolute atomic E-state index is 0.260. The Labute approximate surface area is 179 Å². The van der Waals surface area contributed by atoms with Gasteiger partial charge in [-0.15, -0.1) is 10.2 Å². The molecule has 0 bridgehead atoms. The molecule has 148 valence electrons. The van der Waals surface area contributed by atoms with Crippen LogP contribution in [0.5, 0.6) is 0 Å². The fourth-order valence-electron chi connectivity index (χ4n) is 3.45. The zero-order chi connectivity index (χ0) is 20.2. The summed E-state index contributed by atoms with van der Waals surface area (Å²) in [5, 5.41) is 12.8. The summed E-state index contributed by atoms with van der Waals surface area (Å²) in [6.45, 7) is 0.896. The highest BCUT2D eigenvalue weighted by Gasteiger charge is 2.18. The summed E-state index contributed by atoms with van der Waals surface area (Å²) in [5.74, 6) is 1.54. The number of para-hydroxylation sites is 1. The lowest BCUT2D eigenvalue weighted by molar-refractivity contribution is -0.111. The molecule has 0 aliphatic carbocycles. The van der Waals surface area contributed by atoms with Crippen molar-refractivity contribution in [2.24, 2.45) is 0 Å². The Kier molecular flexibility index (Phi) is 5.97. The Morgan fingerprint density at radius 3 is 2.83 bits per heavy atom. The van der Waals surface area contributed by atoms with Crippen LogP contribution in [0.3, 0.4) is 0 Å². The molecule has 0 saturated heterocycles. The molecule has 4 rings (SSSR count). The normalized spacial score (nSPS) is 13.9. The summed E-state index contributed by atoms with van der Waals surface area (Å²) in [6.07, 6.45) is 7.46. The Bertz CT molecular complexity index is 1070. The van der Waals surface area contributed by atoms with Crippen LogP contribution < -0.4 is 5.32 Å². The molecule has 0 fully saturated rings. The predicted molar refractivity (Wildman–Crippen MR) is 117 cm³/mol. The first-order valence-electron chi connectivity index (χ1n) is 9.57. The van der Waals surface area contributed by atoms with E-state index in [0.717, 1.165) is 43.0 Å². The zero-order valence-corrected chi connectivity index (χ0v) is 17.2. The first-order chi connectivity index (χ1) is 14.1. The van der Waals surface area contributed by atoms with Crippen molar-refractivity contribution in [2.45, 2.75) is 32.2 Å². The molecule has 1 N–H and O–H groups in total. The third-order valence-electron chi connectivity index (χ3n) is 4.91. The highest BCUT2D eigenvalue weighted by molar-refractivity contribution is 6.34. The van der Waals surface area contributed by atoms with Gasteiger partial charge in [0.1, 0.15) is 5.82 Å². The molecule has 29 heavy (non-hydrogen) atoms. The molecule has 2 heterocycles. The molecule has 0 saturated carbocycles. The summed E-state index contributed by atoms with van der Waals surface area (Å²) in [5.41, 5.74) is 2.24. The van der Waals surface area contributed by atoms with Gasteiger partial charge < -0.3 is 9.88 Å². The number of nitrogens with zero attached hydrogens (tertiary/aromatic N) is 3. The number of fused-ring (bicyclic) bond motifs is 1. The number of aryl methyl sites for hydroxylation is 1. The van der Waals surface area contributed by atoms with E-state index in [0.29, 0.717) is 21.3 Å². The predicted octanol–water partition coefficient (Wildman–Crippen LogP) is 5.63. The molecule has 5 nitrogen and oxygen atoms in total. The summed E-state index contributed by atoms with van der Waals surface area (Å²) in [6, 6.07) is 12.8.